The second kappa shape index (κ2) is 4.55. The van der Waals surface area contributed by atoms with E-state index in [2.05, 4.69) is 4.98 Å². The molecule has 0 bridgehead atoms. The van der Waals surface area contributed by atoms with E-state index in [4.69, 9.17) is 16.8 Å². The summed E-state index contributed by atoms with van der Waals surface area (Å²) in [6.45, 7) is 7.36. The summed E-state index contributed by atoms with van der Waals surface area (Å²) in [5.74, 6) is 0.193. The summed E-state index contributed by atoms with van der Waals surface area (Å²) in [6, 6.07) is 3.52. The van der Waals surface area contributed by atoms with Gasteiger partial charge in [-0.3, -0.25) is 0 Å². The molecule has 0 atom stereocenters. The number of ether oxygens (including phenoxy) is 1. The van der Waals surface area contributed by atoms with Crippen molar-refractivity contribution in [3.63, 3.8) is 0 Å². The van der Waals surface area contributed by atoms with Gasteiger partial charge < -0.3 is 14.0 Å². The van der Waals surface area contributed by atoms with Crippen LogP contribution in [-0.4, -0.2) is 29.9 Å². The Kier molecular flexibility index (Phi) is 2.74. The lowest BCUT2D eigenvalue weighted by Gasteiger charge is -2.32. The molecule has 0 aliphatic carbocycles. The molecule has 0 radical (unpaired) electrons. The number of hydrogen-bond donors (Lipinski definition) is 0. The largest absolute Gasteiger partial charge is 0.500 e. The van der Waals surface area contributed by atoms with Gasteiger partial charge in [0.1, 0.15) is 0 Å². The van der Waals surface area contributed by atoms with Crippen LogP contribution in [0.2, 0.25) is 0 Å². The van der Waals surface area contributed by atoms with E-state index in [1.54, 1.807) is 18.3 Å². The predicted molar refractivity (Wildman–Crippen MR) is 71.1 cm³/mol. The van der Waals surface area contributed by atoms with Crippen LogP contribution in [0, 0.1) is 0 Å². The van der Waals surface area contributed by atoms with Crippen molar-refractivity contribution >= 4 is 12.6 Å². The maximum atomic E-state index is 7.52. The molecular formula is C13H20BNO3. The molecule has 0 amide bonds. The number of rotatable bonds is 3. The minimum Gasteiger partial charge on any atom is -0.478 e. The molecule has 0 saturated carbocycles. The van der Waals surface area contributed by atoms with E-state index >= 15 is 0 Å². The van der Waals surface area contributed by atoms with E-state index < -0.39 is 24.9 Å². The number of nitrogens with zero attached hydrogens (tertiary/aromatic N) is 1. The first-order valence-corrected chi connectivity index (χ1v) is 6.01. The quantitative estimate of drug-likeness (QED) is 0.768. The summed E-state index contributed by atoms with van der Waals surface area (Å²) in [7, 11) is -0.619. The Bertz CT molecular complexity index is 487. The van der Waals surface area contributed by atoms with Crippen molar-refractivity contribution in [1.29, 1.82) is 0 Å². The first-order valence-electron chi connectivity index (χ1n) is 7.01. The molecule has 2 rings (SSSR count). The lowest BCUT2D eigenvalue weighted by atomic mass is 9.80. The SMILES string of the molecule is [2H]C([2H])(C)Oc1ncccc1B1OC(C)(C)C(C)(C)O1. The van der Waals surface area contributed by atoms with Gasteiger partial charge >= 0.3 is 7.12 Å². The van der Waals surface area contributed by atoms with E-state index in [0.29, 0.717) is 5.46 Å². The number of pyridine rings is 1. The molecule has 1 aromatic rings. The Morgan fingerprint density at radius 1 is 1.33 bits per heavy atom. The van der Waals surface area contributed by atoms with Gasteiger partial charge in [0.25, 0.3) is 0 Å². The Labute approximate surface area is 112 Å². The highest BCUT2D eigenvalue weighted by atomic mass is 16.7. The number of hydrogen-bond acceptors (Lipinski definition) is 4. The Morgan fingerprint density at radius 2 is 1.94 bits per heavy atom. The minimum atomic E-state index is -1.81. The van der Waals surface area contributed by atoms with Gasteiger partial charge in [0.15, 0.2) is 0 Å². The standard InChI is InChI=1S/C13H20BNO3/c1-6-16-11-10(8-7-9-15-11)14-17-12(2,3)13(4,5)18-14/h7-9H,6H2,1-5H3/i6D2. The molecule has 0 spiro atoms. The van der Waals surface area contributed by atoms with Crippen molar-refractivity contribution in [3.8, 4) is 5.88 Å². The van der Waals surface area contributed by atoms with Crippen LogP contribution in [0.4, 0.5) is 0 Å². The smallest absolute Gasteiger partial charge is 0.478 e. The highest BCUT2D eigenvalue weighted by Crippen LogP contribution is 2.36. The zero-order valence-corrected chi connectivity index (χ0v) is 11.5. The van der Waals surface area contributed by atoms with E-state index in [1.165, 1.54) is 6.92 Å². The molecule has 18 heavy (non-hydrogen) atoms. The van der Waals surface area contributed by atoms with Crippen molar-refractivity contribution in [3.05, 3.63) is 18.3 Å². The second-order valence-electron chi connectivity index (χ2n) is 5.29. The van der Waals surface area contributed by atoms with Crippen molar-refractivity contribution < 1.29 is 16.8 Å². The Morgan fingerprint density at radius 3 is 2.50 bits per heavy atom. The van der Waals surface area contributed by atoms with Gasteiger partial charge in [-0.2, -0.15) is 0 Å². The maximum absolute atomic E-state index is 7.52. The third-order valence-corrected chi connectivity index (χ3v) is 3.51. The molecule has 98 valence electrons. The zero-order chi connectivity index (χ0) is 15.2. The summed E-state index contributed by atoms with van der Waals surface area (Å²) in [5, 5.41) is 0. The van der Waals surface area contributed by atoms with E-state index in [1.807, 2.05) is 27.7 Å². The average molecular weight is 251 g/mol. The summed E-state index contributed by atoms with van der Waals surface area (Å²) in [5.41, 5.74) is -0.330. The van der Waals surface area contributed by atoms with Crippen LogP contribution >= 0.6 is 0 Å². The van der Waals surface area contributed by atoms with Crippen LogP contribution in [0.15, 0.2) is 18.3 Å². The van der Waals surface area contributed by atoms with Crippen LogP contribution in [0.3, 0.4) is 0 Å². The molecule has 2 heterocycles. The lowest BCUT2D eigenvalue weighted by molar-refractivity contribution is 0.00578. The van der Waals surface area contributed by atoms with E-state index in [0.717, 1.165) is 0 Å². The highest BCUT2D eigenvalue weighted by Gasteiger charge is 2.52. The molecule has 1 aliphatic rings. The molecule has 1 aliphatic heterocycles. The maximum Gasteiger partial charge on any atom is 0.500 e. The van der Waals surface area contributed by atoms with E-state index in [-0.39, 0.29) is 5.88 Å². The second-order valence-corrected chi connectivity index (χ2v) is 5.29. The fraction of sp³-hybridized carbons (Fsp3) is 0.615. The van der Waals surface area contributed by atoms with Crippen LogP contribution in [0.5, 0.6) is 5.88 Å². The van der Waals surface area contributed by atoms with Crippen LogP contribution < -0.4 is 10.2 Å². The van der Waals surface area contributed by atoms with Gasteiger partial charge in [0, 0.05) is 11.7 Å². The van der Waals surface area contributed by atoms with Gasteiger partial charge in [0.2, 0.25) is 5.88 Å². The van der Waals surface area contributed by atoms with Crippen LogP contribution in [0.1, 0.15) is 37.4 Å². The lowest BCUT2D eigenvalue weighted by Crippen LogP contribution is -2.41. The number of aromatic nitrogens is 1. The summed E-state index contributed by atoms with van der Waals surface area (Å²) < 4.78 is 32.2. The van der Waals surface area contributed by atoms with E-state index in [9.17, 15) is 0 Å². The van der Waals surface area contributed by atoms with Gasteiger partial charge in [-0.15, -0.1) is 0 Å². The third kappa shape index (κ3) is 2.25. The van der Waals surface area contributed by atoms with Gasteiger partial charge in [-0.05, 0) is 40.7 Å². The third-order valence-electron chi connectivity index (χ3n) is 3.51. The molecule has 0 unspecified atom stereocenters. The Hall–Kier alpha value is -1.07. The normalized spacial score (nSPS) is 23.5. The van der Waals surface area contributed by atoms with Gasteiger partial charge in [-0.1, -0.05) is 6.07 Å². The van der Waals surface area contributed by atoms with Crippen LogP contribution in [0.25, 0.3) is 0 Å². The predicted octanol–water partition coefficient (Wildman–Crippen LogP) is 1.78. The zero-order valence-electron chi connectivity index (χ0n) is 13.5. The molecule has 0 N–H and O–H groups in total. The molecule has 5 heteroatoms. The molecular weight excluding hydrogens is 229 g/mol. The fourth-order valence-corrected chi connectivity index (χ4v) is 1.73. The van der Waals surface area contributed by atoms with Crippen molar-refractivity contribution in [1.82, 2.24) is 4.98 Å². The molecule has 1 saturated heterocycles. The molecule has 1 aromatic heterocycles. The summed E-state index contributed by atoms with van der Waals surface area (Å²) >= 11 is 0. The van der Waals surface area contributed by atoms with Crippen LogP contribution in [-0.2, 0) is 9.31 Å². The van der Waals surface area contributed by atoms with Crippen molar-refractivity contribution in [2.75, 3.05) is 6.56 Å². The van der Waals surface area contributed by atoms with Gasteiger partial charge in [-0.25, -0.2) is 4.98 Å². The summed E-state index contributed by atoms with van der Waals surface area (Å²) in [6.07, 6.45) is 1.55. The monoisotopic (exact) mass is 251 g/mol. The van der Waals surface area contributed by atoms with Crippen molar-refractivity contribution in [2.45, 2.75) is 45.8 Å². The average Bonchev–Trinajstić information content (AvgIpc) is 2.46. The van der Waals surface area contributed by atoms with Crippen molar-refractivity contribution in [2.24, 2.45) is 0 Å². The topological polar surface area (TPSA) is 40.6 Å². The fourth-order valence-electron chi connectivity index (χ4n) is 1.73. The molecule has 1 fully saturated rings. The van der Waals surface area contributed by atoms with Gasteiger partial charge in [0.05, 0.1) is 20.5 Å². The minimum absolute atomic E-state index is 0.193. The first kappa shape index (κ1) is 10.8. The first-order chi connectivity index (χ1) is 9.02. The highest BCUT2D eigenvalue weighted by molar-refractivity contribution is 6.63. The Balaban J connectivity index is 2.31. The molecule has 0 aromatic carbocycles. The summed E-state index contributed by atoms with van der Waals surface area (Å²) in [4.78, 5) is 4.08. The molecule has 4 nitrogen and oxygen atoms in total.